The van der Waals surface area contributed by atoms with Gasteiger partial charge in [-0.1, -0.05) is 17.7 Å². The van der Waals surface area contributed by atoms with Crippen LogP contribution in [0.1, 0.15) is 31.2 Å². The standard InChI is InChI=1S/C25H28ClN5O4S/c26-20-4-3-5-21(16-20)31-25(32)24(35-22-6-1-2-7-22)23(17-28-31)29-12-14-30(15-13-29)36(33,34)18-19-8-10-27-11-9-19/h3-5,8-11,16-17,22H,1-2,6-7,12-15,18H2. The number of hydrogen-bond acceptors (Lipinski definition) is 7. The van der Waals surface area contributed by atoms with E-state index in [1.54, 1.807) is 55.0 Å². The zero-order valence-electron chi connectivity index (χ0n) is 19.8. The first-order valence-electron chi connectivity index (χ1n) is 12.1. The highest BCUT2D eigenvalue weighted by molar-refractivity contribution is 7.88. The molecule has 0 N–H and O–H groups in total. The van der Waals surface area contributed by atoms with Crippen LogP contribution >= 0.6 is 11.6 Å². The molecule has 0 atom stereocenters. The van der Waals surface area contributed by atoms with E-state index >= 15 is 0 Å². The molecule has 3 heterocycles. The van der Waals surface area contributed by atoms with Crippen molar-refractivity contribution in [1.29, 1.82) is 0 Å². The maximum absolute atomic E-state index is 13.6. The molecule has 1 aliphatic heterocycles. The molecule has 190 valence electrons. The summed E-state index contributed by atoms with van der Waals surface area (Å²) in [6.45, 7) is 1.49. The molecule has 3 aromatic rings. The third kappa shape index (κ3) is 5.40. The number of nitrogens with zero attached hydrogens (tertiary/aromatic N) is 5. The van der Waals surface area contributed by atoms with E-state index in [1.807, 2.05) is 4.90 Å². The molecule has 2 aromatic heterocycles. The molecule has 36 heavy (non-hydrogen) atoms. The number of halogens is 1. The van der Waals surface area contributed by atoms with Crippen LogP contribution in [-0.4, -0.2) is 59.8 Å². The van der Waals surface area contributed by atoms with Crippen LogP contribution < -0.4 is 15.2 Å². The third-order valence-corrected chi connectivity index (χ3v) is 8.71. The topological polar surface area (TPSA) is 97.6 Å². The molecule has 9 nitrogen and oxygen atoms in total. The number of ether oxygens (including phenoxy) is 1. The van der Waals surface area contributed by atoms with Crippen molar-refractivity contribution in [2.45, 2.75) is 37.5 Å². The fourth-order valence-corrected chi connectivity index (χ4v) is 6.42. The molecule has 1 saturated heterocycles. The number of sulfonamides is 1. The summed E-state index contributed by atoms with van der Waals surface area (Å²) in [4.78, 5) is 19.5. The zero-order chi connectivity index (χ0) is 25.1. The summed E-state index contributed by atoms with van der Waals surface area (Å²) in [6.07, 6.45) is 8.74. The van der Waals surface area contributed by atoms with Gasteiger partial charge >= 0.3 is 5.56 Å². The second kappa shape index (κ2) is 10.6. The van der Waals surface area contributed by atoms with Gasteiger partial charge in [0.2, 0.25) is 15.8 Å². The second-order valence-electron chi connectivity index (χ2n) is 9.08. The molecule has 0 unspecified atom stereocenters. The minimum atomic E-state index is -3.47. The van der Waals surface area contributed by atoms with Crippen LogP contribution in [-0.2, 0) is 15.8 Å². The number of aromatic nitrogens is 3. The molecule has 5 rings (SSSR count). The lowest BCUT2D eigenvalue weighted by Gasteiger charge is -2.36. The molecule has 0 bridgehead atoms. The van der Waals surface area contributed by atoms with Crippen molar-refractivity contribution in [2.24, 2.45) is 0 Å². The van der Waals surface area contributed by atoms with Crippen LogP contribution in [0.2, 0.25) is 5.02 Å². The van der Waals surface area contributed by atoms with Gasteiger partial charge in [-0.15, -0.1) is 0 Å². The van der Waals surface area contributed by atoms with Crippen LogP contribution in [0, 0.1) is 0 Å². The van der Waals surface area contributed by atoms with E-state index in [0.29, 0.717) is 48.1 Å². The van der Waals surface area contributed by atoms with Crippen molar-refractivity contribution >= 4 is 27.3 Å². The SMILES string of the molecule is O=c1c(OC2CCCC2)c(N2CCN(S(=O)(=O)Cc3ccncc3)CC2)cnn1-c1cccc(Cl)c1. The highest BCUT2D eigenvalue weighted by Gasteiger charge is 2.30. The Bertz CT molecular complexity index is 1370. The monoisotopic (exact) mass is 529 g/mol. The average Bonchev–Trinajstić information content (AvgIpc) is 3.39. The van der Waals surface area contributed by atoms with Crippen LogP contribution in [0.3, 0.4) is 0 Å². The van der Waals surface area contributed by atoms with Gasteiger partial charge in [0.1, 0.15) is 5.69 Å². The van der Waals surface area contributed by atoms with Gasteiger partial charge < -0.3 is 9.64 Å². The molecule has 0 spiro atoms. The summed E-state index contributed by atoms with van der Waals surface area (Å²) >= 11 is 6.14. The lowest BCUT2D eigenvalue weighted by Crippen LogP contribution is -2.49. The number of rotatable bonds is 7. The first kappa shape index (κ1) is 24.7. The summed E-state index contributed by atoms with van der Waals surface area (Å²) in [5.74, 6) is 0.188. The van der Waals surface area contributed by atoms with Crippen molar-refractivity contribution in [1.82, 2.24) is 19.1 Å². The van der Waals surface area contributed by atoms with E-state index in [4.69, 9.17) is 16.3 Å². The molecule has 1 aromatic carbocycles. The van der Waals surface area contributed by atoms with E-state index in [2.05, 4.69) is 10.1 Å². The summed E-state index contributed by atoms with van der Waals surface area (Å²) < 4.78 is 35.0. The maximum Gasteiger partial charge on any atom is 0.316 e. The highest BCUT2D eigenvalue weighted by atomic mass is 35.5. The Balaban J connectivity index is 1.39. The lowest BCUT2D eigenvalue weighted by atomic mass is 10.2. The molecule has 2 fully saturated rings. The summed E-state index contributed by atoms with van der Waals surface area (Å²) in [6, 6.07) is 10.4. The van der Waals surface area contributed by atoms with E-state index < -0.39 is 10.0 Å². The Morgan fingerprint density at radius 3 is 2.44 bits per heavy atom. The van der Waals surface area contributed by atoms with Gasteiger partial charge in [0.05, 0.1) is 23.7 Å². The Morgan fingerprint density at radius 2 is 1.75 bits per heavy atom. The largest absolute Gasteiger partial charge is 0.483 e. The number of hydrogen-bond donors (Lipinski definition) is 0. The van der Waals surface area contributed by atoms with Crippen LogP contribution in [0.5, 0.6) is 5.75 Å². The first-order valence-corrected chi connectivity index (χ1v) is 14.1. The molecule has 0 amide bonds. The van der Waals surface area contributed by atoms with Gasteiger partial charge in [-0.3, -0.25) is 9.78 Å². The van der Waals surface area contributed by atoms with Gasteiger partial charge in [-0.2, -0.15) is 14.1 Å². The molecule has 1 aliphatic carbocycles. The van der Waals surface area contributed by atoms with E-state index in [0.717, 1.165) is 25.7 Å². The number of anilines is 1. The van der Waals surface area contributed by atoms with Crippen LogP contribution in [0.15, 0.2) is 59.8 Å². The fraction of sp³-hybridized carbons (Fsp3) is 0.400. The van der Waals surface area contributed by atoms with E-state index in [-0.39, 0.29) is 23.2 Å². The number of piperazine rings is 1. The molecule has 11 heteroatoms. The van der Waals surface area contributed by atoms with E-state index in [9.17, 15) is 13.2 Å². The fourth-order valence-electron chi connectivity index (χ4n) is 4.72. The smallest absolute Gasteiger partial charge is 0.316 e. The first-order chi connectivity index (χ1) is 17.4. The number of benzene rings is 1. The normalized spacial score (nSPS) is 17.4. The van der Waals surface area contributed by atoms with Crippen molar-refractivity contribution in [3.05, 3.63) is 75.9 Å². The molecule has 1 saturated carbocycles. The van der Waals surface area contributed by atoms with Crippen molar-refractivity contribution in [3.63, 3.8) is 0 Å². The Morgan fingerprint density at radius 1 is 1.03 bits per heavy atom. The quantitative estimate of drug-likeness (QED) is 0.463. The highest BCUT2D eigenvalue weighted by Crippen LogP contribution is 2.30. The zero-order valence-corrected chi connectivity index (χ0v) is 21.4. The maximum atomic E-state index is 13.6. The third-order valence-electron chi connectivity index (χ3n) is 6.63. The van der Waals surface area contributed by atoms with Crippen molar-refractivity contribution in [2.75, 3.05) is 31.1 Å². The van der Waals surface area contributed by atoms with Gasteiger partial charge in [0, 0.05) is 43.6 Å². The van der Waals surface area contributed by atoms with Gasteiger partial charge in [-0.25, -0.2) is 8.42 Å². The average molecular weight is 530 g/mol. The van der Waals surface area contributed by atoms with Crippen molar-refractivity contribution in [3.8, 4) is 11.4 Å². The van der Waals surface area contributed by atoms with Gasteiger partial charge in [-0.05, 0) is 61.6 Å². The molecular weight excluding hydrogens is 502 g/mol. The number of pyridine rings is 1. The second-order valence-corrected chi connectivity index (χ2v) is 11.5. The summed E-state index contributed by atoms with van der Waals surface area (Å²) in [5, 5.41) is 4.92. The minimum Gasteiger partial charge on any atom is -0.483 e. The van der Waals surface area contributed by atoms with Crippen LogP contribution in [0.25, 0.3) is 5.69 Å². The predicted octanol–water partition coefficient (Wildman–Crippen LogP) is 3.25. The van der Waals surface area contributed by atoms with Crippen molar-refractivity contribution < 1.29 is 13.2 Å². The Kier molecular flexibility index (Phi) is 7.27. The summed E-state index contributed by atoms with van der Waals surface area (Å²) in [7, 11) is -3.47. The van der Waals surface area contributed by atoms with Gasteiger partial charge in [0.25, 0.3) is 0 Å². The van der Waals surface area contributed by atoms with Crippen LogP contribution in [0.4, 0.5) is 5.69 Å². The Hall–Kier alpha value is -2.95. The minimum absolute atomic E-state index is 0.0197. The molecule has 0 radical (unpaired) electrons. The van der Waals surface area contributed by atoms with Gasteiger partial charge in [0.15, 0.2) is 0 Å². The lowest BCUT2D eigenvalue weighted by molar-refractivity contribution is 0.205. The molecular formula is C25H28ClN5O4S. The predicted molar refractivity (Wildman–Crippen MR) is 138 cm³/mol. The van der Waals surface area contributed by atoms with E-state index in [1.165, 1.54) is 8.99 Å². The Labute approximate surface area is 215 Å². The summed E-state index contributed by atoms with van der Waals surface area (Å²) in [5.41, 5.74) is 1.50. The molecule has 2 aliphatic rings.